The van der Waals surface area contributed by atoms with Crippen LogP contribution >= 0.6 is 0 Å². The molecule has 1 aromatic rings. The van der Waals surface area contributed by atoms with Gasteiger partial charge in [-0.1, -0.05) is 19.3 Å². The third-order valence-corrected chi connectivity index (χ3v) is 4.13. The van der Waals surface area contributed by atoms with Crippen molar-refractivity contribution >= 4 is 0 Å². The van der Waals surface area contributed by atoms with E-state index in [1.807, 2.05) is 19.2 Å². The molecule has 0 amide bonds. The summed E-state index contributed by atoms with van der Waals surface area (Å²) in [5, 5.41) is 0. The molecule has 0 bridgehead atoms. The zero-order valence-corrected chi connectivity index (χ0v) is 12.4. The summed E-state index contributed by atoms with van der Waals surface area (Å²) in [4.78, 5) is 4.23. The van der Waals surface area contributed by atoms with Gasteiger partial charge in [0.1, 0.15) is 5.75 Å². The van der Waals surface area contributed by atoms with Crippen LogP contribution in [0.5, 0.6) is 5.75 Å². The highest BCUT2D eigenvalue weighted by molar-refractivity contribution is 5.28. The normalized spacial score (nSPS) is 19.6. The zero-order valence-electron chi connectivity index (χ0n) is 12.4. The van der Waals surface area contributed by atoms with Crippen LogP contribution in [0.2, 0.25) is 0 Å². The molecule has 1 saturated carbocycles. The lowest BCUT2D eigenvalue weighted by Crippen LogP contribution is -2.49. The first-order chi connectivity index (χ1) is 9.75. The Morgan fingerprint density at radius 3 is 2.70 bits per heavy atom. The minimum absolute atomic E-state index is 0.0645. The lowest BCUT2D eigenvalue weighted by atomic mass is 9.77. The maximum atomic E-state index is 6.14. The average Bonchev–Trinajstić information content (AvgIpc) is 2.49. The number of nitrogens with zero attached hydrogens (tertiary/aromatic N) is 1. The van der Waals surface area contributed by atoms with E-state index in [1.165, 1.54) is 19.3 Å². The van der Waals surface area contributed by atoms with Gasteiger partial charge in [-0.05, 0) is 31.4 Å². The fraction of sp³-hybridized carbons (Fsp3) is 0.667. The van der Waals surface area contributed by atoms with Gasteiger partial charge < -0.3 is 9.47 Å². The van der Waals surface area contributed by atoms with Gasteiger partial charge in [0, 0.05) is 12.8 Å². The number of aromatic nitrogens is 1. The molecule has 112 valence electrons. The Labute approximate surface area is 120 Å². The number of nitrogens with two attached hydrogens (primary N) is 1. The SMILES string of the molecule is CCOC1(C(NN)c2cncc(OC)c2)CCCCC1. The average molecular weight is 279 g/mol. The van der Waals surface area contributed by atoms with Crippen LogP contribution in [0.4, 0.5) is 0 Å². The first-order valence-corrected chi connectivity index (χ1v) is 7.35. The van der Waals surface area contributed by atoms with E-state index in [0.717, 1.165) is 24.2 Å². The predicted molar refractivity (Wildman–Crippen MR) is 78.3 cm³/mol. The number of hydrazine groups is 1. The van der Waals surface area contributed by atoms with Gasteiger partial charge in [-0.2, -0.15) is 0 Å². The Kier molecular flexibility index (Phi) is 5.34. The van der Waals surface area contributed by atoms with E-state index in [4.69, 9.17) is 15.3 Å². The summed E-state index contributed by atoms with van der Waals surface area (Å²) in [6.07, 6.45) is 9.20. The summed E-state index contributed by atoms with van der Waals surface area (Å²) >= 11 is 0. The molecule has 1 heterocycles. The molecule has 0 spiro atoms. The van der Waals surface area contributed by atoms with Crippen LogP contribution < -0.4 is 16.0 Å². The van der Waals surface area contributed by atoms with Crippen LogP contribution in [0.3, 0.4) is 0 Å². The number of hydrogen-bond donors (Lipinski definition) is 2. The number of methoxy groups -OCH3 is 1. The van der Waals surface area contributed by atoms with Crippen molar-refractivity contribution in [3.8, 4) is 5.75 Å². The van der Waals surface area contributed by atoms with E-state index < -0.39 is 0 Å². The molecule has 5 nitrogen and oxygen atoms in total. The highest BCUT2D eigenvalue weighted by Crippen LogP contribution is 2.41. The van der Waals surface area contributed by atoms with Crippen molar-refractivity contribution in [3.05, 3.63) is 24.0 Å². The summed E-state index contributed by atoms with van der Waals surface area (Å²) in [6, 6.07) is 1.91. The molecular formula is C15H25N3O2. The van der Waals surface area contributed by atoms with Gasteiger partial charge >= 0.3 is 0 Å². The summed E-state index contributed by atoms with van der Waals surface area (Å²) < 4.78 is 11.4. The lowest BCUT2D eigenvalue weighted by Gasteiger charge is -2.43. The van der Waals surface area contributed by atoms with Gasteiger partial charge in [0.25, 0.3) is 0 Å². The van der Waals surface area contributed by atoms with E-state index in [1.54, 1.807) is 13.3 Å². The molecule has 1 unspecified atom stereocenters. The first kappa shape index (κ1) is 15.2. The molecule has 0 aliphatic heterocycles. The summed E-state index contributed by atoms with van der Waals surface area (Å²) in [5.74, 6) is 6.58. The molecule has 1 aliphatic rings. The second kappa shape index (κ2) is 7.02. The molecule has 0 aromatic carbocycles. The van der Waals surface area contributed by atoms with Gasteiger partial charge in [-0.3, -0.25) is 16.3 Å². The van der Waals surface area contributed by atoms with Gasteiger partial charge in [0.15, 0.2) is 0 Å². The smallest absolute Gasteiger partial charge is 0.137 e. The van der Waals surface area contributed by atoms with E-state index in [-0.39, 0.29) is 11.6 Å². The molecule has 1 fully saturated rings. The molecule has 1 aliphatic carbocycles. The van der Waals surface area contributed by atoms with E-state index in [2.05, 4.69) is 10.4 Å². The van der Waals surface area contributed by atoms with Gasteiger partial charge in [-0.25, -0.2) is 0 Å². The maximum Gasteiger partial charge on any atom is 0.137 e. The second-order valence-corrected chi connectivity index (χ2v) is 5.32. The molecule has 20 heavy (non-hydrogen) atoms. The molecule has 0 saturated heterocycles. The molecule has 5 heteroatoms. The zero-order chi connectivity index (χ0) is 14.4. The quantitative estimate of drug-likeness (QED) is 0.618. The van der Waals surface area contributed by atoms with Crippen molar-refractivity contribution in [1.29, 1.82) is 0 Å². The summed E-state index contributed by atoms with van der Waals surface area (Å²) in [7, 11) is 1.64. The van der Waals surface area contributed by atoms with Crippen LogP contribution in [0.15, 0.2) is 18.5 Å². The van der Waals surface area contributed by atoms with Crippen molar-refractivity contribution in [2.75, 3.05) is 13.7 Å². The predicted octanol–water partition coefficient (Wildman–Crippen LogP) is 2.33. The van der Waals surface area contributed by atoms with Crippen LogP contribution in [0.25, 0.3) is 0 Å². The third kappa shape index (κ3) is 3.11. The van der Waals surface area contributed by atoms with Crippen molar-refractivity contribution in [2.45, 2.75) is 50.7 Å². The Morgan fingerprint density at radius 2 is 2.10 bits per heavy atom. The third-order valence-electron chi connectivity index (χ3n) is 4.13. The van der Waals surface area contributed by atoms with Crippen molar-refractivity contribution < 1.29 is 9.47 Å². The van der Waals surface area contributed by atoms with E-state index in [0.29, 0.717) is 6.61 Å². The van der Waals surface area contributed by atoms with Crippen molar-refractivity contribution in [3.63, 3.8) is 0 Å². The van der Waals surface area contributed by atoms with Crippen LogP contribution in [0, 0.1) is 0 Å². The highest BCUT2D eigenvalue weighted by atomic mass is 16.5. The van der Waals surface area contributed by atoms with Crippen LogP contribution in [-0.4, -0.2) is 24.3 Å². The Morgan fingerprint density at radius 1 is 1.35 bits per heavy atom. The van der Waals surface area contributed by atoms with E-state index >= 15 is 0 Å². The molecule has 3 N–H and O–H groups in total. The molecule has 2 rings (SSSR count). The minimum atomic E-state index is -0.240. The molecule has 1 atom stereocenters. The molecule has 0 radical (unpaired) electrons. The van der Waals surface area contributed by atoms with E-state index in [9.17, 15) is 0 Å². The second-order valence-electron chi connectivity index (χ2n) is 5.32. The van der Waals surface area contributed by atoms with Gasteiger partial charge in [0.2, 0.25) is 0 Å². The van der Waals surface area contributed by atoms with Crippen molar-refractivity contribution in [2.24, 2.45) is 5.84 Å². The summed E-state index contributed by atoms with van der Waals surface area (Å²) in [5.41, 5.74) is 3.72. The number of pyridine rings is 1. The van der Waals surface area contributed by atoms with Gasteiger partial charge in [-0.15, -0.1) is 0 Å². The lowest BCUT2D eigenvalue weighted by molar-refractivity contribution is -0.0914. The number of rotatable bonds is 6. The van der Waals surface area contributed by atoms with Gasteiger partial charge in [0.05, 0.1) is 24.9 Å². The Balaban J connectivity index is 2.31. The minimum Gasteiger partial charge on any atom is -0.495 e. The standard InChI is InChI=1S/C15H25N3O2/c1-3-20-15(7-5-4-6-8-15)14(18-16)12-9-13(19-2)11-17-10-12/h9-11,14,18H,3-8,16H2,1-2H3. The van der Waals surface area contributed by atoms with Crippen molar-refractivity contribution in [1.82, 2.24) is 10.4 Å². The fourth-order valence-electron chi connectivity index (χ4n) is 3.21. The molecular weight excluding hydrogens is 254 g/mol. The Hall–Kier alpha value is -1.17. The fourth-order valence-corrected chi connectivity index (χ4v) is 3.21. The van der Waals surface area contributed by atoms with Crippen LogP contribution in [0.1, 0.15) is 50.6 Å². The van der Waals surface area contributed by atoms with Crippen LogP contribution in [-0.2, 0) is 4.74 Å². The molecule has 1 aromatic heterocycles. The summed E-state index contributed by atoms with van der Waals surface area (Å²) in [6.45, 7) is 2.73. The maximum absolute atomic E-state index is 6.14. The number of nitrogens with one attached hydrogen (secondary N) is 1. The highest BCUT2D eigenvalue weighted by Gasteiger charge is 2.41. The Bertz CT molecular complexity index is 414. The first-order valence-electron chi connectivity index (χ1n) is 7.35. The largest absolute Gasteiger partial charge is 0.495 e. The monoisotopic (exact) mass is 279 g/mol. The number of hydrogen-bond acceptors (Lipinski definition) is 5. The number of ether oxygens (including phenoxy) is 2. The topological polar surface area (TPSA) is 69.4 Å².